The number of imide groups is 1. The van der Waals surface area contributed by atoms with Gasteiger partial charge in [0.2, 0.25) is 5.91 Å². The van der Waals surface area contributed by atoms with Crippen LogP contribution < -0.4 is 14.8 Å². The fraction of sp³-hybridized carbons (Fsp3) is 0.136. The molecule has 3 amide bonds. The predicted octanol–water partition coefficient (Wildman–Crippen LogP) is 4.70. The van der Waals surface area contributed by atoms with Gasteiger partial charge in [0.1, 0.15) is 24.7 Å². The fourth-order valence-electron chi connectivity index (χ4n) is 2.68. The van der Waals surface area contributed by atoms with Crippen molar-refractivity contribution in [1.82, 2.24) is 4.90 Å². The Morgan fingerprint density at radius 2 is 1.97 bits per heavy atom. The molecule has 31 heavy (non-hydrogen) atoms. The van der Waals surface area contributed by atoms with E-state index in [-0.39, 0.29) is 11.4 Å². The number of carbonyl (C=O) groups is 3. The van der Waals surface area contributed by atoms with Gasteiger partial charge in [0.15, 0.2) is 0 Å². The molecule has 9 heteroatoms. The van der Waals surface area contributed by atoms with Crippen LogP contribution in [0.5, 0.6) is 11.5 Å². The van der Waals surface area contributed by atoms with Gasteiger partial charge in [-0.1, -0.05) is 18.7 Å². The van der Waals surface area contributed by atoms with Gasteiger partial charge in [-0.2, -0.15) is 0 Å². The van der Waals surface area contributed by atoms with Gasteiger partial charge in [0.25, 0.3) is 11.1 Å². The average molecular weight is 503 g/mol. The van der Waals surface area contributed by atoms with Gasteiger partial charge >= 0.3 is 0 Å². The molecule has 0 bridgehead atoms. The van der Waals surface area contributed by atoms with Gasteiger partial charge < -0.3 is 14.8 Å². The minimum absolute atomic E-state index is 0.244. The molecule has 1 aliphatic heterocycles. The van der Waals surface area contributed by atoms with E-state index in [2.05, 4.69) is 27.8 Å². The van der Waals surface area contributed by atoms with Crippen LogP contribution in [0.15, 0.2) is 64.5 Å². The molecule has 1 aliphatic rings. The summed E-state index contributed by atoms with van der Waals surface area (Å²) in [7, 11) is 1.55. The van der Waals surface area contributed by atoms with Crippen LogP contribution in [0.2, 0.25) is 0 Å². The van der Waals surface area contributed by atoms with E-state index in [0.717, 1.165) is 16.7 Å². The fourth-order valence-corrected chi connectivity index (χ4v) is 4.03. The number of benzene rings is 2. The van der Waals surface area contributed by atoms with E-state index in [1.807, 2.05) is 0 Å². The molecule has 0 spiro atoms. The Balaban J connectivity index is 1.66. The first-order valence-electron chi connectivity index (χ1n) is 9.14. The van der Waals surface area contributed by atoms with Crippen molar-refractivity contribution < 1.29 is 23.9 Å². The number of carbonyl (C=O) groups excluding carboxylic acids is 3. The molecule has 0 aliphatic carbocycles. The number of anilines is 1. The van der Waals surface area contributed by atoms with Crippen molar-refractivity contribution >= 4 is 56.5 Å². The number of nitrogens with one attached hydrogen (secondary N) is 1. The third-order valence-electron chi connectivity index (χ3n) is 4.16. The highest BCUT2D eigenvalue weighted by Crippen LogP contribution is 2.34. The Bertz CT molecular complexity index is 1050. The van der Waals surface area contributed by atoms with Crippen molar-refractivity contribution in [2.75, 3.05) is 25.6 Å². The number of amides is 3. The summed E-state index contributed by atoms with van der Waals surface area (Å²) < 4.78 is 11.3. The Kier molecular flexibility index (Phi) is 7.54. The van der Waals surface area contributed by atoms with Crippen LogP contribution in [0.4, 0.5) is 10.5 Å². The molecule has 160 valence electrons. The monoisotopic (exact) mass is 502 g/mol. The summed E-state index contributed by atoms with van der Waals surface area (Å²) in [5.41, 5.74) is 1.25. The molecule has 0 atom stereocenters. The van der Waals surface area contributed by atoms with Crippen LogP contribution in [0.1, 0.15) is 5.56 Å². The minimum Gasteiger partial charge on any atom is -0.497 e. The lowest BCUT2D eigenvalue weighted by molar-refractivity contribution is -0.127. The highest BCUT2D eigenvalue weighted by molar-refractivity contribution is 9.10. The number of halogens is 1. The Hall–Kier alpha value is -3.04. The summed E-state index contributed by atoms with van der Waals surface area (Å²) in [5, 5.41) is 2.17. The highest BCUT2D eigenvalue weighted by Gasteiger charge is 2.36. The van der Waals surface area contributed by atoms with Crippen LogP contribution in [0.3, 0.4) is 0 Å². The lowest BCUT2D eigenvalue weighted by Gasteiger charge is -2.12. The van der Waals surface area contributed by atoms with Crippen molar-refractivity contribution in [3.05, 3.63) is 70.1 Å². The van der Waals surface area contributed by atoms with E-state index in [9.17, 15) is 14.4 Å². The Labute approximate surface area is 192 Å². The highest BCUT2D eigenvalue weighted by atomic mass is 79.9. The second kappa shape index (κ2) is 10.3. The number of ether oxygens (including phenoxy) is 2. The largest absolute Gasteiger partial charge is 0.497 e. The van der Waals surface area contributed by atoms with Crippen molar-refractivity contribution in [1.29, 1.82) is 0 Å². The maximum Gasteiger partial charge on any atom is 0.294 e. The molecule has 1 N–H and O–H groups in total. The van der Waals surface area contributed by atoms with E-state index in [1.165, 1.54) is 0 Å². The predicted molar refractivity (Wildman–Crippen MR) is 124 cm³/mol. The Morgan fingerprint density at radius 1 is 1.23 bits per heavy atom. The average Bonchev–Trinajstić information content (AvgIpc) is 3.01. The number of nitrogens with zero attached hydrogens (tertiary/aromatic N) is 1. The van der Waals surface area contributed by atoms with Crippen LogP contribution in [-0.4, -0.2) is 42.2 Å². The second-order valence-electron chi connectivity index (χ2n) is 6.33. The third kappa shape index (κ3) is 5.77. The molecule has 1 saturated heterocycles. The summed E-state index contributed by atoms with van der Waals surface area (Å²) in [6.07, 6.45) is 3.25. The first-order valence-corrected chi connectivity index (χ1v) is 10.7. The molecule has 0 unspecified atom stereocenters. The summed E-state index contributed by atoms with van der Waals surface area (Å²) in [6.45, 7) is 3.61. The molecule has 7 nitrogen and oxygen atoms in total. The zero-order valence-corrected chi connectivity index (χ0v) is 19.0. The van der Waals surface area contributed by atoms with Crippen molar-refractivity contribution in [3.8, 4) is 11.5 Å². The van der Waals surface area contributed by atoms with Crippen LogP contribution in [0, 0.1) is 0 Å². The first-order chi connectivity index (χ1) is 14.9. The summed E-state index contributed by atoms with van der Waals surface area (Å²) in [5.74, 6) is 0.310. The quantitative estimate of drug-likeness (QED) is 0.416. The molecule has 2 aromatic rings. The molecule has 0 saturated carbocycles. The van der Waals surface area contributed by atoms with E-state index in [0.29, 0.717) is 33.8 Å². The first kappa shape index (κ1) is 22.6. The van der Waals surface area contributed by atoms with Gasteiger partial charge in [-0.05, 0) is 75.7 Å². The van der Waals surface area contributed by atoms with Crippen molar-refractivity contribution in [2.45, 2.75) is 0 Å². The van der Waals surface area contributed by atoms with Gasteiger partial charge in [0.05, 0.1) is 16.5 Å². The van der Waals surface area contributed by atoms with E-state index in [4.69, 9.17) is 9.47 Å². The van der Waals surface area contributed by atoms with Crippen LogP contribution in [-0.2, 0) is 9.59 Å². The summed E-state index contributed by atoms with van der Waals surface area (Å²) in [4.78, 5) is 38.4. The zero-order chi connectivity index (χ0) is 22.4. The lowest BCUT2D eigenvalue weighted by Crippen LogP contribution is -2.36. The third-order valence-corrected chi connectivity index (χ3v) is 5.69. The number of thioether (sulfide) groups is 1. The Morgan fingerprint density at radius 3 is 2.61 bits per heavy atom. The van der Waals surface area contributed by atoms with Gasteiger partial charge in [-0.15, -0.1) is 0 Å². The van der Waals surface area contributed by atoms with Gasteiger partial charge in [0, 0.05) is 5.69 Å². The smallest absolute Gasteiger partial charge is 0.294 e. The number of rotatable bonds is 8. The maximum absolute atomic E-state index is 12.7. The van der Waals surface area contributed by atoms with E-state index >= 15 is 0 Å². The maximum atomic E-state index is 12.7. The van der Waals surface area contributed by atoms with Crippen molar-refractivity contribution in [2.24, 2.45) is 0 Å². The molecular weight excluding hydrogens is 484 g/mol. The molecule has 0 radical (unpaired) electrons. The zero-order valence-electron chi connectivity index (χ0n) is 16.6. The standard InChI is InChI=1S/C22H19BrN2O5S/c1-3-10-30-18-9-4-14(11-17(18)23)12-19-21(27)25(22(28)31-19)13-20(26)24-15-5-7-16(29-2)8-6-15/h3-9,11-12H,1,10,13H2,2H3,(H,24,26)/b19-12+. The van der Waals surface area contributed by atoms with Crippen LogP contribution >= 0.6 is 27.7 Å². The van der Waals surface area contributed by atoms with Gasteiger partial charge in [-0.25, -0.2) is 0 Å². The molecule has 1 fully saturated rings. The van der Waals surface area contributed by atoms with Gasteiger partial charge in [-0.3, -0.25) is 19.3 Å². The number of hydrogen-bond acceptors (Lipinski definition) is 6. The minimum atomic E-state index is -0.511. The number of hydrogen-bond donors (Lipinski definition) is 1. The SMILES string of the molecule is C=CCOc1ccc(/C=C2/SC(=O)N(CC(=O)Nc3ccc(OC)cc3)C2=O)cc1Br. The lowest BCUT2D eigenvalue weighted by atomic mass is 10.2. The molecule has 1 heterocycles. The van der Waals surface area contributed by atoms with E-state index < -0.39 is 17.1 Å². The van der Waals surface area contributed by atoms with Crippen molar-refractivity contribution in [3.63, 3.8) is 0 Å². The number of methoxy groups -OCH3 is 1. The summed E-state index contributed by atoms with van der Waals surface area (Å²) in [6, 6.07) is 12.0. The normalized spacial score (nSPS) is 14.6. The molecular formula is C22H19BrN2O5S. The van der Waals surface area contributed by atoms with E-state index in [1.54, 1.807) is 61.7 Å². The molecule has 0 aromatic heterocycles. The molecule has 3 rings (SSSR count). The summed E-state index contributed by atoms with van der Waals surface area (Å²) >= 11 is 4.22. The topological polar surface area (TPSA) is 84.9 Å². The second-order valence-corrected chi connectivity index (χ2v) is 8.18. The molecule has 2 aromatic carbocycles. The van der Waals surface area contributed by atoms with Crippen LogP contribution in [0.25, 0.3) is 6.08 Å².